The molecule has 3 nitrogen and oxygen atoms in total. The van der Waals surface area contributed by atoms with Crippen molar-refractivity contribution in [3.05, 3.63) is 78.1 Å². The Balaban J connectivity index is 1.70. The van der Waals surface area contributed by atoms with Crippen molar-refractivity contribution in [2.45, 2.75) is 13.0 Å². The summed E-state index contributed by atoms with van der Waals surface area (Å²) in [5.41, 5.74) is 5.21. The molecule has 0 radical (unpaired) electrons. The second-order valence-electron chi connectivity index (χ2n) is 5.62. The largest absolute Gasteiger partial charge is 0.302 e. The number of likely N-dealkylation sites (N-methyl/N-ethyl adjacent to an activating group) is 1. The molecule has 0 saturated carbocycles. The number of aromatic amines is 1. The van der Waals surface area contributed by atoms with E-state index in [0.29, 0.717) is 0 Å². The number of rotatable bonds is 6. The second kappa shape index (κ2) is 7.05. The van der Waals surface area contributed by atoms with Crippen LogP contribution in [0.4, 0.5) is 0 Å². The van der Waals surface area contributed by atoms with Crippen molar-refractivity contribution in [1.82, 2.24) is 15.1 Å². The molecule has 0 amide bonds. The van der Waals surface area contributed by atoms with Gasteiger partial charge in [0.15, 0.2) is 0 Å². The van der Waals surface area contributed by atoms with Crippen LogP contribution in [0.3, 0.4) is 0 Å². The molecule has 3 rings (SSSR count). The Labute approximate surface area is 131 Å². The fourth-order valence-corrected chi connectivity index (χ4v) is 2.66. The van der Waals surface area contributed by atoms with Gasteiger partial charge in [0, 0.05) is 19.3 Å². The van der Waals surface area contributed by atoms with Gasteiger partial charge in [-0.1, -0.05) is 54.6 Å². The first-order chi connectivity index (χ1) is 10.8. The maximum absolute atomic E-state index is 3.99. The van der Waals surface area contributed by atoms with Crippen molar-refractivity contribution in [3.63, 3.8) is 0 Å². The van der Waals surface area contributed by atoms with E-state index in [9.17, 15) is 0 Å². The third-order valence-corrected chi connectivity index (χ3v) is 3.88. The number of hydrogen-bond donors (Lipinski definition) is 1. The van der Waals surface area contributed by atoms with Gasteiger partial charge in [0.05, 0.1) is 6.20 Å². The van der Waals surface area contributed by atoms with Crippen LogP contribution in [0.2, 0.25) is 0 Å². The predicted octanol–water partition coefficient (Wildman–Crippen LogP) is 3.75. The lowest BCUT2D eigenvalue weighted by Crippen LogP contribution is -2.21. The SMILES string of the molecule is CN(CCc1cn[nH]c1)Cc1ccccc1-c1ccccc1. The number of benzene rings is 2. The topological polar surface area (TPSA) is 31.9 Å². The maximum atomic E-state index is 3.99. The van der Waals surface area contributed by atoms with Gasteiger partial charge in [0.2, 0.25) is 0 Å². The molecule has 3 aromatic rings. The highest BCUT2D eigenvalue weighted by atomic mass is 15.1. The van der Waals surface area contributed by atoms with E-state index in [1.807, 2.05) is 12.4 Å². The fraction of sp³-hybridized carbons (Fsp3) is 0.211. The minimum absolute atomic E-state index is 0.947. The van der Waals surface area contributed by atoms with Gasteiger partial charge in [-0.3, -0.25) is 5.10 Å². The van der Waals surface area contributed by atoms with E-state index in [4.69, 9.17) is 0 Å². The summed E-state index contributed by atoms with van der Waals surface area (Å²) in [6, 6.07) is 19.2. The third kappa shape index (κ3) is 3.62. The average Bonchev–Trinajstić information content (AvgIpc) is 3.08. The van der Waals surface area contributed by atoms with Gasteiger partial charge in [0.1, 0.15) is 0 Å². The van der Waals surface area contributed by atoms with Crippen LogP contribution in [0.25, 0.3) is 11.1 Å². The summed E-state index contributed by atoms with van der Waals surface area (Å²) in [5, 5.41) is 6.86. The zero-order chi connectivity index (χ0) is 15.2. The lowest BCUT2D eigenvalue weighted by Gasteiger charge is -2.18. The summed E-state index contributed by atoms with van der Waals surface area (Å²) in [7, 11) is 2.17. The highest BCUT2D eigenvalue weighted by Gasteiger charge is 2.07. The van der Waals surface area contributed by atoms with Gasteiger partial charge in [-0.15, -0.1) is 0 Å². The Bertz CT molecular complexity index is 690. The van der Waals surface area contributed by atoms with Crippen LogP contribution in [0.15, 0.2) is 67.0 Å². The fourth-order valence-electron chi connectivity index (χ4n) is 2.66. The van der Waals surface area contributed by atoms with Crippen molar-refractivity contribution in [1.29, 1.82) is 0 Å². The molecule has 0 bridgehead atoms. The Morgan fingerprint density at radius 3 is 2.55 bits per heavy atom. The van der Waals surface area contributed by atoms with E-state index >= 15 is 0 Å². The van der Waals surface area contributed by atoms with Crippen molar-refractivity contribution >= 4 is 0 Å². The summed E-state index contributed by atoms with van der Waals surface area (Å²) in [6.07, 6.45) is 4.87. The lowest BCUT2D eigenvalue weighted by atomic mass is 9.99. The van der Waals surface area contributed by atoms with Crippen LogP contribution >= 0.6 is 0 Å². The van der Waals surface area contributed by atoms with Crippen LogP contribution in [0, 0.1) is 0 Å². The second-order valence-corrected chi connectivity index (χ2v) is 5.62. The molecule has 0 unspecified atom stereocenters. The van der Waals surface area contributed by atoms with E-state index < -0.39 is 0 Å². The standard InChI is InChI=1S/C19H21N3/c1-22(12-11-16-13-20-21-14-16)15-18-9-5-6-10-19(18)17-7-3-2-4-8-17/h2-10,13-14H,11-12,15H2,1H3,(H,20,21). The minimum atomic E-state index is 0.947. The van der Waals surface area contributed by atoms with Crippen LogP contribution < -0.4 is 0 Å². The van der Waals surface area contributed by atoms with Crippen molar-refractivity contribution < 1.29 is 0 Å². The van der Waals surface area contributed by atoms with E-state index in [-0.39, 0.29) is 0 Å². The molecule has 3 heteroatoms. The number of aromatic nitrogens is 2. The molecule has 1 heterocycles. The number of H-pyrrole nitrogens is 1. The molecule has 112 valence electrons. The average molecular weight is 291 g/mol. The normalized spacial score (nSPS) is 11.0. The number of hydrogen-bond acceptors (Lipinski definition) is 2. The molecular formula is C19H21N3. The van der Waals surface area contributed by atoms with E-state index in [0.717, 1.165) is 19.5 Å². The quantitative estimate of drug-likeness (QED) is 0.750. The van der Waals surface area contributed by atoms with E-state index in [1.165, 1.54) is 22.3 Å². The summed E-state index contributed by atoms with van der Waals surface area (Å²) in [5.74, 6) is 0. The zero-order valence-electron chi connectivity index (χ0n) is 12.9. The smallest absolute Gasteiger partial charge is 0.0519 e. The molecule has 0 saturated heterocycles. The Kier molecular flexibility index (Phi) is 4.66. The number of nitrogens with zero attached hydrogens (tertiary/aromatic N) is 2. The van der Waals surface area contributed by atoms with Gasteiger partial charge in [-0.05, 0) is 35.7 Å². The van der Waals surface area contributed by atoms with Crippen molar-refractivity contribution in [2.75, 3.05) is 13.6 Å². The zero-order valence-corrected chi connectivity index (χ0v) is 12.9. The lowest BCUT2D eigenvalue weighted by molar-refractivity contribution is 0.331. The van der Waals surface area contributed by atoms with E-state index in [1.54, 1.807) is 0 Å². The number of nitrogens with one attached hydrogen (secondary N) is 1. The summed E-state index contributed by atoms with van der Waals surface area (Å²) in [4.78, 5) is 2.36. The van der Waals surface area contributed by atoms with Crippen molar-refractivity contribution in [3.8, 4) is 11.1 Å². The molecule has 22 heavy (non-hydrogen) atoms. The molecule has 0 spiro atoms. The summed E-state index contributed by atoms with van der Waals surface area (Å²) >= 11 is 0. The Morgan fingerprint density at radius 2 is 1.77 bits per heavy atom. The Hall–Kier alpha value is -2.39. The highest BCUT2D eigenvalue weighted by molar-refractivity contribution is 5.67. The van der Waals surface area contributed by atoms with Crippen LogP contribution in [-0.4, -0.2) is 28.7 Å². The molecule has 1 aromatic heterocycles. The first-order valence-electron chi connectivity index (χ1n) is 7.62. The van der Waals surface area contributed by atoms with Gasteiger partial charge >= 0.3 is 0 Å². The monoisotopic (exact) mass is 291 g/mol. The first-order valence-corrected chi connectivity index (χ1v) is 7.62. The molecule has 0 aliphatic rings. The summed E-state index contributed by atoms with van der Waals surface area (Å²) in [6.45, 7) is 1.96. The van der Waals surface area contributed by atoms with Crippen LogP contribution in [-0.2, 0) is 13.0 Å². The first kappa shape index (κ1) is 14.5. The molecule has 2 aromatic carbocycles. The maximum Gasteiger partial charge on any atom is 0.0519 e. The molecule has 0 aliphatic carbocycles. The van der Waals surface area contributed by atoms with Gasteiger partial charge in [0.25, 0.3) is 0 Å². The Morgan fingerprint density at radius 1 is 1.00 bits per heavy atom. The third-order valence-electron chi connectivity index (χ3n) is 3.88. The van der Waals surface area contributed by atoms with E-state index in [2.05, 4.69) is 76.7 Å². The highest BCUT2D eigenvalue weighted by Crippen LogP contribution is 2.24. The van der Waals surface area contributed by atoms with Crippen molar-refractivity contribution in [2.24, 2.45) is 0 Å². The van der Waals surface area contributed by atoms with Gasteiger partial charge < -0.3 is 4.90 Å². The molecule has 1 N–H and O–H groups in total. The molecule has 0 fully saturated rings. The van der Waals surface area contributed by atoms with Gasteiger partial charge in [-0.2, -0.15) is 5.10 Å². The molecule has 0 aliphatic heterocycles. The van der Waals surface area contributed by atoms with Crippen LogP contribution in [0.5, 0.6) is 0 Å². The summed E-state index contributed by atoms with van der Waals surface area (Å²) < 4.78 is 0. The van der Waals surface area contributed by atoms with Gasteiger partial charge in [-0.25, -0.2) is 0 Å². The molecular weight excluding hydrogens is 270 g/mol. The van der Waals surface area contributed by atoms with Crippen LogP contribution in [0.1, 0.15) is 11.1 Å². The minimum Gasteiger partial charge on any atom is -0.302 e. The molecule has 0 atom stereocenters. The predicted molar refractivity (Wildman–Crippen MR) is 90.5 cm³/mol.